The molecule has 0 N–H and O–H groups in total. The minimum Gasteiger partial charge on any atom is -0.0828 e. The van der Waals surface area contributed by atoms with Gasteiger partial charge in [-0.2, -0.15) is 0 Å². The van der Waals surface area contributed by atoms with Crippen molar-refractivity contribution in [1.29, 1.82) is 0 Å². The fourth-order valence-corrected chi connectivity index (χ4v) is 4.58. The van der Waals surface area contributed by atoms with E-state index in [0.717, 1.165) is 22.3 Å². The Labute approximate surface area is 139 Å². The Hall–Kier alpha value is -0.140. The van der Waals surface area contributed by atoms with Crippen LogP contribution in [0, 0.1) is 13.8 Å². The molecule has 4 heteroatoms. The molecular weight excluding hydrogens is 334 g/mol. The van der Waals surface area contributed by atoms with Crippen LogP contribution in [0.1, 0.15) is 47.9 Å². The summed E-state index contributed by atoms with van der Waals surface area (Å²) in [5.74, 6) is 0.571. The van der Waals surface area contributed by atoms with Crippen molar-refractivity contribution in [2.45, 2.75) is 39.5 Å². The van der Waals surface area contributed by atoms with Crippen LogP contribution in [0.25, 0.3) is 0 Å². The smallest absolute Gasteiger partial charge is 0.0627 e. The van der Waals surface area contributed by atoms with Crippen molar-refractivity contribution < 1.29 is 0 Å². The minimum absolute atomic E-state index is 0.286. The predicted molar refractivity (Wildman–Crippen MR) is 88.5 cm³/mol. The van der Waals surface area contributed by atoms with Gasteiger partial charge in [-0.1, -0.05) is 46.4 Å². The molecule has 0 aliphatic heterocycles. The van der Waals surface area contributed by atoms with Crippen molar-refractivity contribution in [1.82, 2.24) is 0 Å². The largest absolute Gasteiger partial charge is 0.0828 e. The molecule has 3 rings (SSSR count). The first-order chi connectivity index (χ1) is 9.29. The maximum Gasteiger partial charge on any atom is 0.0627 e. The second-order valence-corrected chi connectivity index (χ2v) is 7.17. The van der Waals surface area contributed by atoms with Crippen LogP contribution >= 0.6 is 46.4 Å². The van der Waals surface area contributed by atoms with Crippen molar-refractivity contribution in [2.24, 2.45) is 0 Å². The monoisotopic (exact) mass is 346 g/mol. The number of benzene rings is 1. The Balaban J connectivity index is 2.35. The molecule has 0 saturated carbocycles. The second kappa shape index (κ2) is 4.68. The molecule has 2 atom stereocenters. The maximum absolute atomic E-state index is 6.37. The van der Waals surface area contributed by atoms with Gasteiger partial charge in [0.2, 0.25) is 0 Å². The molecule has 1 aromatic rings. The van der Waals surface area contributed by atoms with Gasteiger partial charge < -0.3 is 0 Å². The van der Waals surface area contributed by atoms with Crippen molar-refractivity contribution in [3.8, 4) is 0 Å². The van der Waals surface area contributed by atoms with Gasteiger partial charge in [-0.25, -0.2) is 0 Å². The summed E-state index contributed by atoms with van der Waals surface area (Å²) in [6.45, 7) is 8.16. The van der Waals surface area contributed by atoms with E-state index in [1.807, 2.05) is 13.8 Å². The van der Waals surface area contributed by atoms with Crippen LogP contribution in [-0.2, 0) is 0 Å². The number of fused-ring (bicyclic) bond motifs is 4. The highest BCUT2D eigenvalue weighted by molar-refractivity contribution is 6.45. The highest BCUT2D eigenvalue weighted by Crippen LogP contribution is 2.62. The van der Waals surface area contributed by atoms with Gasteiger partial charge in [-0.15, -0.1) is 0 Å². The zero-order valence-corrected chi connectivity index (χ0v) is 14.7. The lowest BCUT2D eigenvalue weighted by molar-refractivity contribution is 0.565. The summed E-state index contributed by atoms with van der Waals surface area (Å²) >= 11 is 25.4. The van der Waals surface area contributed by atoms with E-state index in [-0.39, 0.29) is 11.8 Å². The average Bonchev–Trinajstić information content (AvgIpc) is 2.39. The zero-order valence-electron chi connectivity index (χ0n) is 11.7. The molecule has 20 heavy (non-hydrogen) atoms. The number of allylic oxidation sites excluding steroid dienone is 4. The van der Waals surface area contributed by atoms with E-state index < -0.39 is 0 Å². The van der Waals surface area contributed by atoms with Gasteiger partial charge in [-0.3, -0.25) is 0 Å². The fourth-order valence-electron chi connectivity index (χ4n) is 3.56. The second-order valence-electron chi connectivity index (χ2n) is 5.65. The lowest BCUT2D eigenvalue weighted by Gasteiger charge is -2.47. The van der Waals surface area contributed by atoms with Crippen LogP contribution in [0.4, 0.5) is 0 Å². The molecule has 106 valence electrons. The molecule has 0 heterocycles. The number of rotatable bonds is 0. The molecule has 2 unspecified atom stereocenters. The summed E-state index contributed by atoms with van der Waals surface area (Å²) in [6, 6.07) is 0. The normalized spacial score (nSPS) is 24.6. The molecule has 0 spiro atoms. The molecule has 1 aromatic carbocycles. The molecular formula is C16H14Cl4. The molecule has 0 fully saturated rings. The van der Waals surface area contributed by atoms with Gasteiger partial charge in [0.05, 0.1) is 20.1 Å². The van der Waals surface area contributed by atoms with Crippen LogP contribution in [-0.4, -0.2) is 0 Å². The molecule has 0 aromatic heterocycles. The van der Waals surface area contributed by atoms with Crippen LogP contribution < -0.4 is 0 Å². The molecule has 0 amide bonds. The predicted octanol–water partition coefficient (Wildman–Crippen LogP) is 6.83. The molecule has 2 aliphatic carbocycles. The summed E-state index contributed by atoms with van der Waals surface area (Å²) in [5.41, 5.74) is 6.93. The Morgan fingerprint density at radius 1 is 0.600 bits per heavy atom. The highest BCUT2D eigenvalue weighted by Gasteiger charge is 2.47. The van der Waals surface area contributed by atoms with E-state index in [9.17, 15) is 0 Å². The molecule has 0 saturated heterocycles. The Bertz CT molecular complexity index is 649. The molecule has 2 aliphatic rings. The number of hydrogen-bond donors (Lipinski definition) is 0. The maximum atomic E-state index is 6.37. The number of hydrogen-bond acceptors (Lipinski definition) is 0. The first kappa shape index (κ1) is 14.8. The minimum atomic E-state index is 0.286. The van der Waals surface area contributed by atoms with E-state index in [0.29, 0.717) is 20.1 Å². The van der Waals surface area contributed by atoms with Crippen molar-refractivity contribution in [3.63, 3.8) is 0 Å². The topological polar surface area (TPSA) is 0 Å². The summed E-state index contributed by atoms with van der Waals surface area (Å²) in [4.78, 5) is 0. The van der Waals surface area contributed by atoms with E-state index in [2.05, 4.69) is 13.8 Å². The van der Waals surface area contributed by atoms with E-state index in [4.69, 9.17) is 46.4 Å². The standard InChI is InChI=1S/C16H14Cl4/c1-5-9-10(6(2)14(18)13(5)17)12-8(4)16(20)15(19)7(3)11(9)12/h9-10H,1-4H3. The van der Waals surface area contributed by atoms with Crippen LogP contribution in [0.3, 0.4) is 0 Å². The van der Waals surface area contributed by atoms with Gasteiger partial charge in [0, 0.05) is 11.8 Å². The first-order valence-corrected chi connectivity index (χ1v) is 8.01. The van der Waals surface area contributed by atoms with Gasteiger partial charge in [0.25, 0.3) is 0 Å². The van der Waals surface area contributed by atoms with Gasteiger partial charge in [0.1, 0.15) is 0 Å². The Kier molecular flexibility index (Phi) is 3.46. The molecule has 0 nitrogen and oxygen atoms in total. The number of halogens is 4. The van der Waals surface area contributed by atoms with Crippen LogP contribution in [0.5, 0.6) is 0 Å². The van der Waals surface area contributed by atoms with Crippen molar-refractivity contribution in [3.05, 3.63) is 53.5 Å². The van der Waals surface area contributed by atoms with E-state index >= 15 is 0 Å². The third-order valence-corrected chi connectivity index (χ3v) is 6.84. The van der Waals surface area contributed by atoms with Crippen LogP contribution in [0.15, 0.2) is 21.2 Å². The van der Waals surface area contributed by atoms with E-state index in [1.54, 1.807) is 0 Å². The third kappa shape index (κ3) is 1.63. The van der Waals surface area contributed by atoms with Crippen molar-refractivity contribution >= 4 is 46.4 Å². The summed E-state index contributed by atoms with van der Waals surface area (Å²) in [5, 5.41) is 2.67. The Morgan fingerprint density at radius 2 is 0.900 bits per heavy atom. The van der Waals surface area contributed by atoms with E-state index in [1.165, 1.54) is 11.1 Å². The lowest BCUT2D eigenvalue weighted by Crippen LogP contribution is -2.32. The highest BCUT2D eigenvalue weighted by atomic mass is 35.5. The quantitative estimate of drug-likeness (QED) is 0.482. The third-order valence-electron chi connectivity index (χ3n) is 4.72. The van der Waals surface area contributed by atoms with Gasteiger partial charge in [-0.05, 0) is 61.1 Å². The zero-order chi connectivity index (χ0) is 14.9. The summed E-state index contributed by atoms with van der Waals surface area (Å²) < 4.78 is 0. The summed E-state index contributed by atoms with van der Waals surface area (Å²) in [6.07, 6.45) is 0. The lowest BCUT2D eigenvalue weighted by atomic mass is 9.58. The summed E-state index contributed by atoms with van der Waals surface area (Å²) in [7, 11) is 0. The molecule has 0 bridgehead atoms. The SMILES string of the molecule is CC1=C(Cl)C(Cl)=C(C)C2c3c(C)c(Cl)c(Cl)c(C)c3C12. The average molecular weight is 348 g/mol. The first-order valence-electron chi connectivity index (χ1n) is 6.49. The fraction of sp³-hybridized carbons (Fsp3) is 0.375. The van der Waals surface area contributed by atoms with Crippen molar-refractivity contribution in [2.75, 3.05) is 0 Å². The molecule has 0 radical (unpaired) electrons. The van der Waals surface area contributed by atoms with Crippen LogP contribution in [0.2, 0.25) is 10.0 Å². The Morgan fingerprint density at radius 3 is 1.20 bits per heavy atom. The van der Waals surface area contributed by atoms with Gasteiger partial charge in [0.15, 0.2) is 0 Å². The van der Waals surface area contributed by atoms with Gasteiger partial charge >= 0.3 is 0 Å².